The van der Waals surface area contributed by atoms with Crippen molar-refractivity contribution in [1.29, 1.82) is 0 Å². The van der Waals surface area contributed by atoms with Crippen molar-refractivity contribution in [3.63, 3.8) is 0 Å². The van der Waals surface area contributed by atoms with Gasteiger partial charge in [0.25, 0.3) is 0 Å². The first kappa shape index (κ1) is 12.0. The molecule has 16 heavy (non-hydrogen) atoms. The molecule has 2 N–H and O–H groups in total. The minimum atomic E-state index is 0. The number of urea groups is 1. The average Bonchev–Trinajstić information content (AvgIpc) is 3.03. The standard InChI is InChI=1S/C11H19N3O.ClH/c15-10-13-8-11(3-5-12-6-4-11)14(10)7-9-1-2-9;/h9,12H,1-8H2,(H,13,15);1H. The van der Waals surface area contributed by atoms with Gasteiger partial charge < -0.3 is 15.5 Å². The van der Waals surface area contributed by atoms with E-state index in [4.69, 9.17) is 0 Å². The van der Waals surface area contributed by atoms with Gasteiger partial charge in [0.2, 0.25) is 0 Å². The van der Waals surface area contributed by atoms with Crippen LogP contribution in [0.25, 0.3) is 0 Å². The van der Waals surface area contributed by atoms with Gasteiger partial charge in [0, 0.05) is 13.1 Å². The summed E-state index contributed by atoms with van der Waals surface area (Å²) in [6, 6.07) is 0.170. The summed E-state index contributed by atoms with van der Waals surface area (Å²) in [4.78, 5) is 13.9. The van der Waals surface area contributed by atoms with E-state index in [1.165, 1.54) is 12.8 Å². The van der Waals surface area contributed by atoms with Crippen LogP contribution in [-0.4, -0.2) is 42.6 Å². The second-order valence-corrected chi connectivity index (χ2v) is 5.19. The number of nitrogens with zero attached hydrogens (tertiary/aromatic N) is 1. The maximum Gasteiger partial charge on any atom is 0.318 e. The third kappa shape index (κ3) is 2.00. The first-order valence-electron chi connectivity index (χ1n) is 6.06. The zero-order valence-corrected chi connectivity index (χ0v) is 10.3. The molecule has 2 heterocycles. The van der Waals surface area contributed by atoms with E-state index in [0.29, 0.717) is 0 Å². The summed E-state index contributed by atoms with van der Waals surface area (Å²) in [5.41, 5.74) is 0.144. The van der Waals surface area contributed by atoms with Crippen LogP contribution < -0.4 is 10.6 Å². The van der Waals surface area contributed by atoms with Crippen molar-refractivity contribution in [2.24, 2.45) is 5.92 Å². The van der Waals surface area contributed by atoms with Crippen molar-refractivity contribution in [2.45, 2.75) is 31.2 Å². The molecule has 1 spiro atoms. The van der Waals surface area contributed by atoms with Gasteiger partial charge in [0.15, 0.2) is 0 Å². The Hall–Kier alpha value is -0.480. The van der Waals surface area contributed by atoms with Crippen LogP contribution in [0, 0.1) is 5.92 Å². The van der Waals surface area contributed by atoms with Gasteiger partial charge in [-0.1, -0.05) is 0 Å². The minimum absolute atomic E-state index is 0. The molecule has 0 aromatic rings. The molecule has 0 atom stereocenters. The molecule has 4 nitrogen and oxygen atoms in total. The van der Waals surface area contributed by atoms with E-state index in [9.17, 15) is 4.79 Å². The largest absolute Gasteiger partial charge is 0.336 e. The Morgan fingerprint density at radius 2 is 2.00 bits per heavy atom. The first-order valence-corrected chi connectivity index (χ1v) is 6.06. The van der Waals surface area contributed by atoms with Gasteiger partial charge in [-0.25, -0.2) is 4.79 Å². The summed E-state index contributed by atoms with van der Waals surface area (Å²) in [6.07, 6.45) is 4.85. The van der Waals surface area contributed by atoms with Crippen LogP contribution in [0.15, 0.2) is 0 Å². The van der Waals surface area contributed by atoms with Crippen molar-refractivity contribution in [3.8, 4) is 0 Å². The third-order valence-corrected chi connectivity index (χ3v) is 4.06. The fourth-order valence-corrected chi connectivity index (χ4v) is 2.82. The Balaban J connectivity index is 0.000000963. The average molecular weight is 246 g/mol. The zero-order chi connectivity index (χ0) is 10.3. The van der Waals surface area contributed by atoms with Crippen LogP contribution in [0.3, 0.4) is 0 Å². The monoisotopic (exact) mass is 245 g/mol. The van der Waals surface area contributed by atoms with Crippen molar-refractivity contribution < 1.29 is 4.79 Å². The van der Waals surface area contributed by atoms with Crippen LogP contribution in [0.1, 0.15) is 25.7 Å². The molecule has 0 aromatic carbocycles. The van der Waals surface area contributed by atoms with Crippen LogP contribution in [0.4, 0.5) is 4.79 Å². The fourth-order valence-electron chi connectivity index (χ4n) is 2.82. The van der Waals surface area contributed by atoms with Crippen LogP contribution in [0.2, 0.25) is 0 Å². The lowest BCUT2D eigenvalue weighted by molar-refractivity contribution is 0.121. The summed E-state index contributed by atoms with van der Waals surface area (Å²) in [5, 5.41) is 6.40. The molecule has 5 heteroatoms. The van der Waals surface area contributed by atoms with E-state index in [1.54, 1.807) is 0 Å². The number of piperidine rings is 1. The predicted octanol–water partition coefficient (Wildman–Crippen LogP) is 0.966. The number of carbonyl (C=O) groups is 1. The molecule has 92 valence electrons. The van der Waals surface area contributed by atoms with Crippen LogP contribution in [0.5, 0.6) is 0 Å². The quantitative estimate of drug-likeness (QED) is 0.762. The van der Waals surface area contributed by atoms with Gasteiger partial charge >= 0.3 is 6.03 Å². The Bertz CT molecular complexity index is 274. The molecule has 0 bridgehead atoms. The van der Waals surface area contributed by atoms with Gasteiger partial charge in [0.1, 0.15) is 0 Å². The third-order valence-electron chi connectivity index (χ3n) is 4.06. The van der Waals surface area contributed by atoms with E-state index in [-0.39, 0.29) is 24.0 Å². The number of halogens is 1. The lowest BCUT2D eigenvalue weighted by atomic mass is 9.87. The first-order chi connectivity index (χ1) is 7.30. The highest BCUT2D eigenvalue weighted by molar-refractivity contribution is 5.85. The molecule has 0 aromatic heterocycles. The fraction of sp³-hybridized carbons (Fsp3) is 0.909. The van der Waals surface area contributed by atoms with Crippen molar-refractivity contribution in [2.75, 3.05) is 26.2 Å². The molecular weight excluding hydrogens is 226 g/mol. The summed E-state index contributed by atoms with van der Waals surface area (Å²) < 4.78 is 0. The normalized spacial score (nSPS) is 27.8. The molecular formula is C11H20ClN3O. The van der Waals surface area contributed by atoms with E-state index in [0.717, 1.165) is 44.9 Å². The predicted molar refractivity (Wildman–Crippen MR) is 64.9 cm³/mol. The molecule has 2 aliphatic heterocycles. The number of hydrogen-bond donors (Lipinski definition) is 2. The van der Waals surface area contributed by atoms with E-state index in [1.807, 2.05) is 0 Å². The van der Waals surface area contributed by atoms with E-state index < -0.39 is 0 Å². The zero-order valence-electron chi connectivity index (χ0n) is 9.50. The molecule has 1 saturated carbocycles. The highest BCUT2D eigenvalue weighted by Gasteiger charge is 2.47. The maximum atomic E-state index is 11.8. The molecule has 3 aliphatic rings. The van der Waals surface area contributed by atoms with Gasteiger partial charge in [0.05, 0.1) is 5.54 Å². The number of carbonyl (C=O) groups excluding carboxylic acids is 1. The summed E-state index contributed by atoms with van der Waals surface area (Å²) in [6.45, 7) is 3.96. The minimum Gasteiger partial charge on any atom is -0.336 e. The highest BCUT2D eigenvalue weighted by atomic mass is 35.5. The second kappa shape index (κ2) is 4.41. The molecule has 2 saturated heterocycles. The highest BCUT2D eigenvalue weighted by Crippen LogP contribution is 2.36. The topological polar surface area (TPSA) is 44.4 Å². The Kier molecular flexibility index (Phi) is 3.31. The van der Waals surface area contributed by atoms with Gasteiger partial charge in [-0.2, -0.15) is 0 Å². The molecule has 3 rings (SSSR count). The van der Waals surface area contributed by atoms with Crippen molar-refractivity contribution >= 4 is 18.4 Å². The number of rotatable bonds is 2. The summed E-state index contributed by atoms with van der Waals surface area (Å²) in [7, 11) is 0. The second-order valence-electron chi connectivity index (χ2n) is 5.19. The Morgan fingerprint density at radius 1 is 1.31 bits per heavy atom. The van der Waals surface area contributed by atoms with Gasteiger partial charge in [-0.3, -0.25) is 0 Å². The van der Waals surface area contributed by atoms with Crippen LogP contribution in [-0.2, 0) is 0 Å². The van der Waals surface area contributed by atoms with Crippen LogP contribution >= 0.6 is 12.4 Å². The van der Waals surface area contributed by atoms with Crippen molar-refractivity contribution in [3.05, 3.63) is 0 Å². The molecule has 1 aliphatic carbocycles. The number of amides is 2. The van der Waals surface area contributed by atoms with Gasteiger partial charge in [-0.15, -0.1) is 12.4 Å². The number of nitrogens with one attached hydrogen (secondary N) is 2. The number of hydrogen-bond acceptors (Lipinski definition) is 2. The molecule has 2 amide bonds. The molecule has 0 unspecified atom stereocenters. The molecule has 3 fully saturated rings. The smallest absolute Gasteiger partial charge is 0.318 e. The van der Waals surface area contributed by atoms with Gasteiger partial charge in [-0.05, 0) is 44.7 Å². The maximum absolute atomic E-state index is 11.8. The van der Waals surface area contributed by atoms with E-state index in [2.05, 4.69) is 15.5 Å². The summed E-state index contributed by atoms with van der Waals surface area (Å²) >= 11 is 0. The lowest BCUT2D eigenvalue weighted by Crippen LogP contribution is -2.54. The van der Waals surface area contributed by atoms with Crippen molar-refractivity contribution in [1.82, 2.24) is 15.5 Å². The lowest BCUT2D eigenvalue weighted by Gasteiger charge is -2.40. The summed E-state index contributed by atoms with van der Waals surface area (Å²) in [5.74, 6) is 0.792. The van der Waals surface area contributed by atoms with E-state index >= 15 is 0 Å². The Morgan fingerprint density at radius 3 is 2.62 bits per heavy atom. The molecule has 0 radical (unpaired) electrons. The Labute approximate surface area is 103 Å². The SMILES string of the molecule is Cl.O=C1NCC2(CCNCC2)N1CC1CC1.